The molecular weight excluding hydrogens is 174 g/mol. The summed E-state index contributed by atoms with van der Waals surface area (Å²) in [4.78, 5) is 3.82. The van der Waals surface area contributed by atoms with Gasteiger partial charge in [-0.05, 0) is 32.4 Å². The summed E-state index contributed by atoms with van der Waals surface area (Å²) in [6.07, 6.45) is 7.08. The molecule has 1 rings (SSSR count). The average Bonchev–Trinajstić information content (AvgIpc) is 2.64. The Labute approximate surface area is 86.4 Å². The monoisotopic (exact) mass is 193 g/mol. The van der Waals surface area contributed by atoms with Gasteiger partial charge in [0.25, 0.3) is 0 Å². The van der Waals surface area contributed by atoms with Gasteiger partial charge in [-0.15, -0.1) is 0 Å². The molecule has 14 heavy (non-hydrogen) atoms. The van der Waals surface area contributed by atoms with Crippen molar-refractivity contribution in [3.8, 4) is 0 Å². The lowest BCUT2D eigenvalue weighted by molar-refractivity contribution is 0.166. The van der Waals surface area contributed by atoms with Crippen LogP contribution in [0.25, 0.3) is 0 Å². The number of hydrogen-bond acceptors (Lipinski definition) is 2. The van der Waals surface area contributed by atoms with E-state index in [1.54, 1.807) is 0 Å². The minimum Gasteiger partial charge on any atom is -0.477 e. The van der Waals surface area contributed by atoms with Gasteiger partial charge in [-0.3, -0.25) is 0 Å². The first-order valence-corrected chi connectivity index (χ1v) is 5.19. The number of ether oxygens (including phenoxy) is 1. The second-order valence-corrected chi connectivity index (χ2v) is 3.95. The van der Waals surface area contributed by atoms with Gasteiger partial charge in [-0.2, -0.15) is 0 Å². The Morgan fingerprint density at radius 3 is 2.64 bits per heavy atom. The number of allylic oxidation sites excluding steroid dienone is 2. The van der Waals surface area contributed by atoms with Gasteiger partial charge in [0.2, 0.25) is 5.88 Å². The SMILES string of the molecule is C=N/C(=C\C(=C)C)OCC1CCCC1. The van der Waals surface area contributed by atoms with E-state index in [0.717, 1.165) is 12.2 Å². The highest BCUT2D eigenvalue weighted by molar-refractivity contribution is 5.29. The summed E-state index contributed by atoms with van der Waals surface area (Å²) >= 11 is 0. The van der Waals surface area contributed by atoms with Crippen molar-refractivity contribution < 1.29 is 4.74 Å². The van der Waals surface area contributed by atoms with E-state index in [0.29, 0.717) is 11.8 Å². The summed E-state index contributed by atoms with van der Waals surface area (Å²) in [6, 6.07) is 0. The van der Waals surface area contributed by atoms with Crippen LogP contribution >= 0.6 is 0 Å². The molecule has 0 aromatic rings. The van der Waals surface area contributed by atoms with Crippen LogP contribution < -0.4 is 0 Å². The van der Waals surface area contributed by atoms with Crippen molar-refractivity contribution in [1.82, 2.24) is 0 Å². The third kappa shape index (κ3) is 3.77. The molecule has 0 atom stereocenters. The van der Waals surface area contributed by atoms with Crippen molar-refractivity contribution in [3.05, 3.63) is 24.1 Å². The van der Waals surface area contributed by atoms with Crippen LogP contribution in [0.1, 0.15) is 32.6 Å². The Morgan fingerprint density at radius 1 is 1.50 bits per heavy atom. The minimum absolute atomic E-state index is 0.601. The van der Waals surface area contributed by atoms with E-state index in [1.165, 1.54) is 25.7 Å². The summed E-state index contributed by atoms with van der Waals surface area (Å²) in [7, 11) is 0. The van der Waals surface area contributed by atoms with Gasteiger partial charge >= 0.3 is 0 Å². The predicted octanol–water partition coefficient (Wildman–Crippen LogP) is 3.31. The maximum atomic E-state index is 5.56. The van der Waals surface area contributed by atoms with Gasteiger partial charge in [-0.25, -0.2) is 4.99 Å². The highest BCUT2D eigenvalue weighted by Crippen LogP contribution is 2.25. The van der Waals surface area contributed by atoms with Crippen molar-refractivity contribution >= 4 is 6.72 Å². The topological polar surface area (TPSA) is 21.6 Å². The Morgan fingerprint density at radius 2 is 2.14 bits per heavy atom. The van der Waals surface area contributed by atoms with Crippen molar-refractivity contribution in [2.45, 2.75) is 32.6 Å². The molecule has 1 saturated carbocycles. The molecule has 1 aliphatic carbocycles. The van der Waals surface area contributed by atoms with Crippen LogP contribution in [0.4, 0.5) is 0 Å². The number of aliphatic imine (C=N–C) groups is 1. The van der Waals surface area contributed by atoms with E-state index in [4.69, 9.17) is 4.74 Å². The first-order valence-electron chi connectivity index (χ1n) is 5.19. The van der Waals surface area contributed by atoms with E-state index >= 15 is 0 Å². The lowest BCUT2D eigenvalue weighted by Gasteiger charge is -2.10. The van der Waals surface area contributed by atoms with E-state index in [9.17, 15) is 0 Å². The molecule has 0 unspecified atom stereocenters. The molecule has 0 bridgehead atoms. The van der Waals surface area contributed by atoms with Crippen LogP contribution in [0.5, 0.6) is 0 Å². The molecule has 0 radical (unpaired) electrons. The van der Waals surface area contributed by atoms with E-state index in [1.807, 2.05) is 13.0 Å². The summed E-state index contributed by atoms with van der Waals surface area (Å²) in [5.41, 5.74) is 0.943. The number of rotatable bonds is 5. The molecule has 2 heteroatoms. The molecule has 1 aliphatic rings. The highest BCUT2D eigenvalue weighted by atomic mass is 16.5. The lowest BCUT2D eigenvalue weighted by atomic mass is 10.1. The number of hydrogen-bond donors (Lipinski definition) is 0. The Bertz CT molecular complexity index is 237. The molecule has 0 N–H and O–H groups in total. The van der Waals surface area contributed by atoms with Crippen molar-refractivity contribution in [1.29, 1.82) is 0 Å². The standard InChI is InChI=1S/C12H19NO/c1-10(2)8-12(13-3)14-9-11-6-4-5-7-11/h8,11H,1,3-7,9H2,2H3/b12-8+. The van der Waals surface area contributed by atoms with Crippen molar-refractivity contribution in [3.63, 3.8) is 0 Å². The predicted molar refractivity (Wildman–Crippen MR) is 60.4 cm³/mol. The van der Waals surface area contributed by atoms with Crippen molar-refractivity contribution in [2.24, 2.45) is 10.9 Å². The molecule has 0 spiro atoms. The first kappa shape index (κ1) is 11.0. The Hall–Kier alpha value is -1.05. The summed E-state index contributed by atoms with van der Waals surface area (Å²) in [6.45, 7) is 9.95. The van der Waals surface area contributed by atoms with Crippen LogP contribution in [0.3, 0.4) is 0 Å². The molecule has 0 aliphatic heterocycles. The smallest absolute Gasteiger partial charge is 0.212 e. The fourth-order valence-electron chi connectivity index (χ4n) is 1.72. The minimum atomic E-state index is 0.601. The second-order valence-electron chi connectivity index (χ2n) is 3.95. The fraction of sp³-hybridized carbons (Fsp3) is 0.583. The average molecular weight is 193 g/mol. The molecule has 0 saturated heterocycles. The molecule has 1 fully saturated rings. The summed E-state index contributed by atoms with van der Waals surface area (Å²) < 4.78 is 5.56. The lowest BCUT2D eigenvalue weighted by Crippen LogP contribution is -2.04. The molecular formula is C12H19NO. The normalized spacial score (nSPS) is 18.2. The van der Waals surface area contributed by atoms with Crippen LogP contribution in [0, 0.1) is 5.92 Å². The summed E-state index contributed by atoms with van der Waals surface area (Å²) in [5.74, 6) is 1.31. The van der Waals surface area contributed by atoms with Crippen LogP contribution in [0.15, 0.2) is 29.1 Å². The molecule has 2 nitrogen and oxygen atoms in total. The van der Waals surface area contributed by atoms with Gasteiger partial charge in [-0.1, -0.05) is 25.0 Å². The van der Waals surface area contributed by atoms with E-state index in [-0.39, 0.29) is 0 Å². The van der Waals surface area contributed by atoms with Crippen LogP contribution in [0.2, 0.25) is 0 Å². The second kappa shape index (κ2) is 5.63. The summed E-state index contributed by atoms with van der Waals surface area (Å²) in [5, 5.41) is 0. The first-order chi connectivity index (χ1) is 6.72. The molecule has 0 aromatic heterocycles. The maximum absolute atomic E-state index is 5.56. The molecule has 78 valence electrons. The Kier molecular flexibility index (Phi) is 4.44. The molecule has 0 aromatic carbocycles. The Balaban J connectivity index is 2.33. The maximum Gasteiger partial charge on any atom is 0.212 e. The fourth-order valence-corrected chi connectivity index (χ4v) is 1.72. The van der Waals surface area contributed by atoms with Crippen LogP contribution in [-0.2, 0) is 4.74 Å². The third-order valence-electron chi connectivity index (χ3n) is 2.47. The quantitative estimate of drug-likeness (QED) is 0.373. The largest absolute Gasteiger partial charge is 0.477 e. The van der Waals surface area contributed by atoms with Gasteiger partial charge in [0.1, 0.15) is 0 Å². The number of nitrogens with zero attached hydrogens (tertiary/aromatic N) is 1. The highest BCUT2D eigenvalue weighted by Gasteiger charge is 2.15. The van der Waals surface area contributed by atoms with Gasteiger partial charge in [0, 0.05) is 6.08 Å². The molecule has 0 amide bonds. The molecule has 0 heterocycles. The zero-order valence-corrected chi connectivity index (χ0v) is 8.96. The van der Waals surface area contributed by atoms with E-state index < -0.39 is 0 Å². The van der Waals surface area contributed by atoms with E-state index in [2.05, 4.69) is 18.3 Å². The van der Waals surface area contributed by atoms with Gasteiger partial charge in [0.15, 0.2) is 0 Å². The van der Waals surface area contributed by atoms with Gasteiger partial charge < -0.3 is 4.74 Å². The van der Waals surface area contributed by atoms with Gasteiger partial charge in [0.05, 0.1) is 6.61 Å². The van der Waals surface area contributed by atoms with Crippen LogP contribution in [-0.4, -0.2) is 13.3 Å². The zero-order valence-electron chi connectivity index (χ0n) is 8.96. The van der Waals surface area contributed by atoms with Crippen molar-refractivity contribution in [2.75, 3.05) is 6.61 Å². The zero-order chi connectivity index (χ0) is 10.4. The third-order valence-corrected chi connectivity index (χ3v) is 2.47.